The molecular formula is C12H15ClN2O. The molecule has 0 aliphatic carbocycles. The lowest BCUT2D eigenvalue weighted by Gasteiger charge is -2.16. The standard InChI is InChI=1S/C12H15ClN2O/c1-8-2-3-11(13)10(6-8)12(16)15-5-4-9(14)7-15/h2-3,6,9H,4-5,7,14H2,1H3. The van der Waals surface area contributed by atoms with E-state index >= 15 is 0 Å². The molecule has 0 spiro atoms. The highest BCUT2D eigenvalue weighted by atomic mass is 35.5. The van der Waals surface area contributed by atoms with Crippen molar-refractivity contribution >= 4 is 17.5 Å². The van der Waals surface area contributed by atoms with Crippen molar-refractivity contribution in [3.05, 3.63) is 34.3 Å². The Balaban J connectivity index is 2.23. The van der Waals surface area contributed by atoms with Gasteiger partial charge in [0.1, 0.15) is 0 Å². The fourth-order valence-corrected chi connectivity index (χ4v) is 2.14. The Morgan fingerprint density at radius 3 is 2.94 bits per heavy atom. The Morgan fingerprint density at radius 1 is 1.56 bits per heavy atom. The summed E-state index contributed by atoms with van der Waals surface area (Å²) < 4.78 is 0. The van der Waals surface area contributed by atoms with Crippen LogP contribution in [-0.2, 0) is 0 Å². The van der Waals surface area contributed by atoms with Gasteiger partial charge in [-0.1, -0.05) is 23.2 Å². The number of rotatable bonds is 1. The van der Waals surface area contributed by atoms with Crippen LogP contribution in [0.2, 0.25) is 5.02 Å². The van der Waals surface area contributed by atoms with Crippen molar-refractivity contribution in [1.82, 2.24) is 4.90 Å². The minimum atomic E-state index is -0.0124. The van der Waals surface area contributed by atoms with E-state index in [0.717, 1.165) is 18.5 Å². The van der Waals surface area contributed by atoms with Gasteiger partial charge in [-0.15, -0.1) is 0 Å². The van der Waals surface area contributed by atoms with E-state index in [2.05, 4.69) is 0 Å². The lowest BCUT2D eigenvalue weighted by molar-refractivity contribution is 0.0791. The first kappa shape index (κ1) is 11.4. The molecule has 1 aliphatic heterocycles. The summed E-state index contributed by atoms with van der Waals surface area (Å²) in [5, 5.41) is 0.510. The maximum absolute atomic E-state index is 12.2. The number of likely N-dealkylation sites (tertiary alicyclic amines) is 1. The highest BCUT2D eigenvalue weighted by molar-refractivity contribution is 6.33. The quantitative estimate of drug-likeness (QED) is 0.811. The minimum Gasteiger partial charge on any atom is -0.337 e. The lowest BCUT2D eigenvalue weighted by Crippen LogP contribution is -2.32. The lowest BCUT2D eigenvalue weighted by atomic mass is 10.1. The van der Waals surface area contributed by atoms with Crippen LogP contribution in [0.25, 0.3) is 0 Å². The molecule has 1 unspecified atom stereocenters. The second-order valence-corrected chi connectivity index (χ2v) is 4.69. The topological polar surface area (TPSA) is 46.3 Å². The van der Waals surface area contributed by atoms with Gasteiger partial charge >= 0.3 is 0 Å². The van der Waals surface area contributed by atoms with Crippen molar-refractivity contribution in [3.63, 3.8) is 0 Å². The van der Waals surface area contributed by atoms with Gasteiger partial charge in [-0.05, 0) is 25.5 Å². The third-order valence-electron chi connectivity index (χ3n) is 2.86. The second kappa shape index (κ2) is 4.44. The average Bonchev–Trinajstić information content (AvgIpc) is 2.67. The normalized spacial score (nSPS) is 20.2. The maximum Gasteiger partial charge on any atom is 0.255 e. The fourth-order valence-electron chi connectivity index (χ4n) is 1.95. The Kier molecular flexibility index (Phi) is 3.17. The number of halogens is 1. The number of carbonyl (C=O) groups is 1. The molecule has 2 N–H and O–H groups in total. The average molecular weight is 239 g/mol. The van der Waals surface area contributed by atoms with Gasteiger partial charge in [0.25, 0.3) is 5.91 Å². The molecule has 1 aromatic carbocycles. The smallest absolute Gasteiger partial charge is 0.255 e. The van der Waals surface area contributed by atoms with E-state index in [0.29, 0.717) is 17.1 Å². The molecule has 3 nitrogen and oxygen atoms in total. The highest BCUT2D eigenvalue weighted by Gasteiger charge is 2.25. The molecule has 16 heavy (non-hydrogen) atoms. The van der Waals surface area contributed by atoms with E-state index < -0.39 is 0 Å². The predicted molar refractivity (Wildman–Crippen MR) is 64.7 cm³/mol. The van der Waals surface area contributed by atoms with Crippen LogP contribution in [0.5, 0.6) is 0 Å². The number of benzene rings is 1. The molecule has 1 heterocycles. The summed E-state index contributed by atoms with van der Waals surface area (Å²) >= 11 is 6.03. The van der Waals surface area contributed by atoms with Crippen molar-refractivity contribution < 1.29 is 4.79 Å². The number of carbonyl (C=O) groups excluding carboxylic acids is 1. The molecule has 0 saturated carbocycles. The van der Waals surface area contributed by atoms with Gasteiger partial charge in [0.05, 0.1) is 10.6 Å². The predicted octanol–water partition coefficient (Wildman–Crippen LogP) is 1.82. The molecule has 4 heteroatoms. The van der Waals surface area contributed by atoms with Crippen LogP contribution >= 0.6 is 11.6 Å². The van der Waals surface area contributed by atoms with Crippen LogP contribution in [-0.4, -0.2) is 29.9 Å². The zero-order chi connectivity index (χ0) is 11.7. The van der Waals surface area contributed by atoms with E-state index in [1.807, 2.05) is 19.1 Å². The molecule has 0 bridgehead atoms. The van der Waals surface area contributed by atoms with Crippen molar-refractivity contribution in [2.24, 2.45) is 5.73 Å². The first-order valence-corrected chi connectivity index (χ1v) is 5.76. The SMILES string of the molecule is Cc1ccc(Cl)c(C(=O)N2CCC(N)C2)c1. The molecule has 86 valence electrons. The fraction of sp³-hybridized carbons (Fsp3) is 0.417. The van der Waals surface area contributed by atoms with E-state index in [1.165, 1.54) is 0 Å². The third kappa shape index (κ3) is 2.20. The number of hydrogen-bond acceptors (Lipinski definition) is 2. The van der Waals surface area contributed by atoms with E-state index in [4.69, 9.17) is 17.3 Å². The zero-order valence-corrected chi connectivity index (χ0v) is 10.00. The van der Waals surface area contributed by atoms with Gasteiger partial charge in [0.2, 0.25) is 0 Å². The van der Waals surface area contributed by atoms with Crippen molar-refractivity contribution in [1.29, 1.82) is 0 Å². The number of nitrogens with two attached hydrogens (primary N) is 1. The summed E-state index contributed by atoms with van der Waals surface area (Å²) in [6.45, 7) is 3.30. The molecule has 1 aliphatic rings. The maximum atomic E-state index is 12.2. The van der Waals surface area contributed by atoms with Crippen LogP contribution < -0.4 is 5.73 Å². The molecule has 1 atom stereocenters. The first-order valence-electron chi connectivity index (χ1n) is 5.39. The Labute approximate surface area is 100 Å². The van der Waals surface area contributed by atoms with Crippen LogP contribution in [0.15, 0.2) is 18.2 Å². The van der Waals surface area contributed by atoms with Gasteiger partial charge in [-0.3, -0.25) is 4.79 Å². The van der Waals surface area contributed by atoms with E-state index in [-0.39, 0.29) is 11.9 Å². The van der Waals surface area contributed by atoms with Crippen LogP contribution in [0.3, 0.4) is 0 Å². The molecule has 0 radical (unpaired) electrons. The molecule has 1 amide bonds. The minimum absolute atomic E-state index is 0.0124. The number of amides is 1. The Hall–Kier alpha value is -1.06. The van der Waals surface area contributed by atoms with Gasteiger partial charge in [0.15, 0.2) is 0 Å². The summed E-state index contributed by atoms with van der Waals surface area (Å²) in [5.74, 6) is -0.0124. The van der Waals surface area contributed by atoms with Gasteiger partial charge in [0, 0.05) is 19.1 Å². The second-order valence-electron chi connectivity index (χ2n) is 4.28. The van der Waals surface area contributed by atoms with Crippen LogP contribution in [0.4, 0.5) is 0 Å². The zero-order valence-electron chi connectivity index (χ0n) is 9.24. The van der Waals surface area contributed by atoms with E-state index in [1.54, 1.807) is 11.0 Å². The summed E-state index contributed by atoms with van der Waals surface area (Å²) in [5.41, 5.74) is 7.40. The molecule has 2 rings (SSSR count). The molecule has 1 saturated heterocycles. The summed E-state index contributed by atoms with van der Waals surface area (Å²) in [4.78, 5) is 13.9. The molecule has 1 fully saturated rings. The van der Waals surface area contributed by atoms with Gasteiger partial charge in [-0.2, -0.15) is 0 Å². The monoisotopic (exact) mass is 238 g/mol. The van der Waals surface area contributed by atoms with Crippen molar-refractivity contribution in [3.8, 4) is 0 Å². The van der Waals surface area contributed by atoms with Gasteiger partial charge < -0.3 is 10.6 Å². The summed E-state index contributed by atoms with van der Waals surface area (Å²) in [7, 11) is 0. The number of nitrogens with zero attached hydrogens (tertiary/aromatic N) is 1. The van der Waals surface area contributed by atoms with Crippen LogP contribution in [0.1, 0.15) is 22.3 Å². The Morgan fingerprint density at radius 2 is 2.31 bits per heavy atom. The molecule has 1 aromatic rings. The summed E-state index contributed by atoms with van der Waals surface area (Å²) in [6.07, 6.45) is 0.870. The van der Waals surface area contributed by atoms with E-state index in [9.17, 15) is 4.79 Å². The third-order valence-corrected chi connectivity index (χ3v) is 3.19. The van der Waals surface area contributed by atoms with Crippen molar-refractivity contribution in [2.75, 3.05) is 13.1 Å². The summed E-state index contributed by atoms with van der Waals surface area (Å²) in [6, 6.07) is 5.59. The molecule has 0 aromatic heterocycles. The molecular weight excluding hydrogens is 224 g/mol. The Bertz CT molecular complexity index is 419. The number of aryl methyl sites for hydroxylation is 1. The first-order chi connectivity index (χ1) is 7.58. The van der Waals surface area contributed by atoms with Crippen LogP contribution in [0, 0.1) is 6.92 Å². The highest BCUT2D eigenvalue weighted by Crippen LogP contribution is 2.21. The van der Waals surface area contributed by atoms with Crippen molar-refractivity contribution in [2.45, 2.75) is 19.4 Å². The van der Waals surface area contributed by atoms with Gasteiger partial charge in [-0.25, -0.2) is 0 Å². The largest absolute Gasteiger partial charge is 0.337 e. The number of hydrogen-bond donors (Lipinski definition) is 1.